The Morgan fingerprint density at radius 2 is 2.00 bits per heavy atom. The maximum atomic E-state index is 12.9. The largest absolute Gasteiger partial charge is 0.416 e. The van der Waals surface area contributed by atoms with Gasteiger partial charge in [-0.05, 0) is 18.2 Å². The van der Waals surface area contributed by atoms with E-state index in [1.54, 1.807) is 0 Å². The van der Waals surface area contributed by atoms with Gasteiger partial charge in [-0.3, -0.25) is 14.4 Å². The molecule has 154 valence electrons. The second kappa shape index (κ2) is 8.66. The van der Waals surface area contributed by atoms with Gasteiger partial charge in [0.1, 0.15) is 6.54 Å². The van der Waals surface area contributed by atoms with Crippen LogP contribution in [0.25, 0.3) is 0 Å². The highest BCUT2D eigenvalue weighted by molar-refractivity contribution is 8.01. The Balaban J connectivity index is 2.19. The lowest BCUT2D eigenvalue weighted by atomic mass is 10.2. The summed E-state index contributed by atoms with van der Waals surface area (Å²) in [5.41, 5.74) is -1.28. The molecule has 7 nitrogen and oxygen atoms in total. The smallest absolute Gasteiger partial charge is 0.299 e. The van der Waals surface area contributed by atoms with Gasteiger partial charge in [0, 0.05) is 5.25 Å². The fraction of sp³-hybridized carbons (Fsp3) is 0.400. The zero-order valence-corrected chi connectivity index (χ0v) is 17.5. The molecule has 1 amide bonds. The van der Waals surface area contributed by atoms with Gasteiger partial charge in [-0.25, -0.2) is 8.42 Å². The van der Waals surface area contributed by atoms with Crippen LogP contribution < -0.4 is 9.62 Å². The maximum Gasteiger partial charge on any atom is 0.416 e. The van der Waals surface area contributed by atoms with Crippen molar-refractivity contribution < 1.29 is 26.4 Å². The first-order valence-corrected chi connectivity index (χ1v) is 11.4. The average molecular weight is 455 g/mol. The molecule has 0 atom stereocenters. The molecular formula is C15H17F3N4O3S3. The lowest BCUT2D eigenvalue weighted by Crippen LogP contribution is -2.37. The van der Waals surface area contributed by atoms with Crippen molar-refractivity contribution >= 4 is 49.8 Å². The van der Waals surface area contributed by atoms with Gasteiger partial charge in [-0.2, -0.15) is 13.2 Å². The Labute approximate surface area is 168 Å². The van der Waals surface area contributed by atoms with Crippen molar-refractivity contribution in [3.63, 3.8) is 0 Å². The molecule has 0 spiro atoms. The Hall–Kier alpha value is -1.86. The van der Waals surface area contributed by atoms with E-state index in [1.165, 1.54) is 17.8 Å². The number of rotatable bonds is 7. The highest BCUT2D eigenvalue weighted by atomic mass is 32.2. The molecule has 2 aromatic rings. The summed E-state index contributed by atoms with van der Waals surface area (Å²) in [6.45, 7) is 3.22. The number of aromatic nitrogens is 2. The van der Waals surface area contributed by atoms with Crippen molar-refractivity contribution in [2.24, 2.45) is 0 Å². The van der Waals surface area contributed by atoms with Crippen LogP contribution in [0.5, 0.6) is 0 Å². The van der Waals surface area contributed by atoms with E-state index in [1.807, 2.05) is 13.8 Å². The van der Waals surface area contributed by atoms with Crippen molar-refractivity contribution in [1.82, 2.24) is 10.2 Å². The highest BCUT2D eigenvalue weighted by Gasteiger charge is 2.32. The second-order valence-corrected chi connectivity index (χ2v) is 10.6. The van der Waals surface area contributed by atoms with E-state index in [4.69, 9.17) is 0 Å². The fourth-order valence-electron chi connectivity index (χ4n) is 2.04. The summed E-state index contributed by atoms with van der Waals surface area (Å²) in [6, 6.07) is 3.76. The fourth-order valence-corrected chi connectivity index (χ4v) is 4.88. The summed E-state index contributed by atoms with van der Waals surface area (Å²) >= 11 is 2.56. The van der Waals surface area contributed by atoms with Gasteiger partial charge in [-0.1, -0.05) is 43.0 Å². The van der Waals surface area contributed by atoms with Crippen LogP contribution >= 0.6 is 23.1 Å². The minimum absolute atomic E-state index is 0.172. The van der Waals surface area contributed by atoms with Crippen LogP contribution in [-0.4, -0.2) is 42.6 Å². The topological polar surface area (TPSA) is 92.3 Å². The zero-order valence-electron chi connectivity index (χ0n) is 15.0. The molecule has 0 saturated carbocycles. The molecule has 13 heteroatoms. The monoisotopic (exact) mass is 454 g/mol. The van der Waals surface area contributed by atoms with E-state index in [2.05, 4.69) is 15.5 Å². The number of thioether (sulfide) groups is 1. The molecule has 2 rings (SSSR count). The third kappa shape index (κ3) is 6.34. The number of amides is 1. The molecule has 0 aliphatic carbocycles. The number of hydrogen-bond donors (Lipinski definition) is 1. The molecule has 28 heavy (non-hydrogen) atoms. The third-order valence-electron chi connectivity index (χ3n) is 3.14. The Kier molecular flexibility index (Phi) is 6.93. The van der Waals surface area contributed by atoms with Gasteiger partial charge < -0.3 is 0 Å². The van der Waals surface area contributed by atoms with Crippen LogP contribution in [0.1, 0.15) is 19.4 Å². The maximum absolute atomic E-state index is 12.9. The molecular weight excluding hydrogens is 437 g/mol. The predicted molar refractivity (Wildman–Crippen MR) is 103 cm³/mol. The molecule has 0 fully saturated rings. The number of hydrogen-bond acceptors (Lipinski definition) is 7. The van der Waals surface area contributed by atoms with Gasteiger partial charge in [0.2, 0.25) is 21.1 Å². The molecule has 1 N–H and O–H groups in total. The summed E-state index contributed by atoms with van der Waals surface area (Å²) in [4.78, 5) is 12.2. The number of alkyl halides is 3. The van der Waals surface area contributed by atoms with E-state index >= 15 is 0 Å². The molecule has 1 aromatic heterocycles. The van der Waals surface area contributed by atoms with E-state index in [-0.39, 0.29) is 16.1 Å². The van der Waals surface area contributed by atoms with Crippen molar-refractivity contribution in [1.29, 1.82) is 0 Å². The Morgan fingerprint density at radius 3 is 2.57 bits per heavy atom. The average Bonchev–Trinajstić information content (AvgIpc) is 2.97. The van der Waals surface area contributed by atoms with Gasteiger partial charge in [0.15, 0.2) is 4.34 Å². The van der Waals surface area contributed by atoms with Gasteiger partial charge in [0.25, 0.3) is 0 Å². The number of benzene rings is 1. The van der Waals surface area contributed by atoms with E-state index < -0.39 is 34.2 Å². The normalized spacial score (nSPS) is 12.2. The summed E-state index contributed by atoms with van der Waals surface area (Å²) in [5.74, 6) is -0.750. The molecule has 0 radical (unpaired) electrons. The zero-order chi connectivity index (χ0) is 21.1. The van der Waals surface area contributed by atoms with Crippen LogP contribution in [0.4, 0.5) is 24.0 Å². The number of carbonyl (C=O) groups excluding carboxylic acids is 1. The van der Waals surface area contributed by atoms with Gasteiger partial charge in [-0.15, -0.1) is 10.2 Å². The van der Waals surface area contributed by atoms with Crippen LogP contribution in [0.2, 0.25) is 0 Å². The van der Waals surface area contributed by atoms with Gasteiger partial charge >= 0.3 is 6.18 Å². The van der Waals surface area contributed by atoms with Crippen molar-refractivity contribution in [2.45, 2.75) is 29.6 Å². The third-order valence-corrected chi connectivity index (χ3v) is 6.21. The van der Waals surface area contributed by atoms with E-state index in [0.29, 0.717) is 14.7 Å². The lowest BCUT2D eigenvalue weighted by molar-refractivity contribution is -0.137. The lowest BCUT2D eigenvalue weighted by Gasteiger charge is -2.22. The van der Waals surface area contributed by atoms with E-state index in [0.717, 1.165) is 29.7 Å². The molecule has 1 heterocycles. The number of sulfonamides is 1. The van der Waals surface area contributed by atoms with Crippen molar-refractivity contribution in [3.05, 3.63) is 29.8 Å². The quantitative estimate of drug-likeness (QED) is 0.509. The van der Waals surface area contributed by atoms with Crippen LogP contribution in [0.3, 0.4) is 0 Å². The first-order chi connectivity index (χ1) is 12.9. The molecule has 1 aromatic carbocycles. The second-order valence-electron chi connectivity index (χ2n) is 5.91. The van der Waals surface area contributed by atoms with Crippen LogP contribution in [0, 0.1) is 0 Å². The molecule has 0 aliphatic heterocycles. The Morgan fingerprint density at radius 1 is 1.32 bits per heavy atom. The SMILES string of the molecule is CC(C)Sc1nnc(NC(=O)CN(c2cccc(C(F)(F)F)c2)S(C)(=O)=O)s1. The van der Waals surface area contributed by atoms with Crippen LogP contribution in [-0.2, 0) is 21.0 Å². The molecule has 0 saturated heterocycles. The molecule has 0 unspecified atom stereocenters. The number of halogens is 3. The van der Waals surface area contributed by atoms with Crippen molar-refractivity contribution in [2.75, 3.05) is 22.4 Å². The van der Waals surface area contributed by atoms with Crippen molar-refractivity contribution in [3.8, 4) is 0 Å². The first-order valence-electron chi connectivity index (χ1n) is 7.81. The standard InChI is InChI=1S/C15H17F3N4O3S3/c1-9(2)26-14-21-20-13(27-14)19-12(23)8-22(28(3,24)25)11-6-4-5-10(7-11)15(16,17)18/h4-7,9H,8H2,1-3H3,(H,19,20,23). The number of nitrogens with one attached hydrogen (secondary N) is 1. The predicted octanol–water partition coefficient (Wildman–Crippen LogP) is 3.46. The number of carbonyl (C=O) groups is 1. The number of nitrogens with zero attached hydrogens (tertiary/aromatic N) is 3. The minimum atomic E-state index is -4.64. The summed E-state index contributed by atoms with van der Waals surface area (Å²) in [6.07, 6.45) is -3.83. The first kappa shape index (κ1) is 22.4. The summed E-state index contributed by atoms with van der Waals surface area (Å²) in [7, 11) is -4.01. The highest BCUT2D eigenvalue weighted by Crippen LogP contribution is 2.32. The summed E-state index contributed by atoms with van der Waals surface area (Å²) < 4.78 is 64.0. The molecule has 0 bridgehead atoms. The number of anilines is 2. The van der Waals surface area contributed by atoms with E-state index in [9.17, 15) is 26.4 Å². The molecule has 0 aliphatic rings. The van der Waals surface area contributed by atoms with Crippen LogP contribution in [0.15, 0.2) is 28.6 Å². The summed E-state index contributed by atoms with van der Waals surface area (Å²) in [5, 5.41) is 10.5. The van der Waals surface area contributed by atoms with Gasteiger partial charge in [0.05, 0.1) is 17.5 Å². The minimum Gasteiger partial charge on any atom is -0.299 e. The Bertz CT molecular complexity index is 945.